The highest BCUT2D eigenvalue weighted by Gasteiger charge is 2.26. The second-order valence-electron chi connectivity index (χ2n) is 9.10. The standard InChI is InChI=1S/C26H28FN9O4/c1-38-22-13-17(9-10-21(22)39-16-18-7-3-4-8-19(18)27)14-29-31-26(37)23-20(15-35-11-5-2-6-12-35)30-34-36(23)25-24(28)32-40-33-25/h3-4,7-10,13-14H,2,5-6,11-12,15-16H2,1H3,(H2,28,32)(H,31,37)/b29-14-. The van der Waals surface area contributed by atoms with Gasteiger partial charge in [0.15, 0.2) is 17.2 Å². The van der Waals surface area contributed by atoms with Gasteiger partial charge in [0.05, 0.1) is 13.3 Å². The van der Waals surface area contributed by atoms with Gasteiger partial charge >= 0.3 is 0 Å². The second kappa shape index (κ2) is 12.3. The number of hydrazone groups is 1. The van der Waals surface area contributed by atoms with Crippen LogP contribution >= 0.6 is 0 Å². The first-order valence-corrected chi connectivity index (χ1v) is 12.7. The molecule has 3 heterocycles. The SMILES string of the molecule is COc1cc(/C=N\NC(=O)c2c(CN3CCCCC3)nnn2-c2nonc2N)ccc1OCc1ccccc1F. The molecule has 1 saturated heterocycles. The Labute approximate surface area is 228 Å². The van der Waals surface area contributed by atoms with E-state index in [1.807, 2.05) is 0 Å². The van der Waals surface area contributed by atoms with E-state index in [4.69, 9.17) is 15.2 Å². The Morgan fingerprint density at radius 1 is 1.18 bits per heavy atom. The van der Waals surface area contributed by atoms with Crippen LogP contribution in [-0.4, -0.2) is 62.5 Å². The van der Waals surface area contributed by atoms with Crippen LogP contribution in [0.25, 0.3) is 5.82 Å². The van der Waals surface area contributed by atoms with E-state index >= 15 is 0 Å². The average molecular weight is 550 g/mol. The minimum Gasteiger partial charge on any atom is -0.493 e. The molecule has 40 heavy (non-hydrogen) atoms. The Morgan fingerprint density at radius 2 is 2.00 bits per heavy atom. The van der Waals surface area contributed by atoms with E-state index in [1.165, 1.54) is 30.5 Å². The molecule has 2 aromatic carbocycles. The Kier molecular flexibility index (Phi) is 8.25. The molecular weight excluding hydrogens is 521 g/mol. The molecule has 0 atom stereocenters. The highest BCUT2D eigenvalue weighted by molar-refractivity contribution is 5.95. The zero-order valence-electron chi connectivity index (χ0n) is 21.8. The molecule has 0 radical (unpaired) electrons. The van der Waals surface area contributed by atoms with Crippen LogP contribution in [0, 0.1) is 5.82 Å². The number of nitrogens with one attached hydrogen (secondary N) is 1. The number of piperidine rings is 1. The molecule has 208 valence electrons. The summed E-state index contributed by atoms with van der Waals surface area (Å²) in [6.07, 6.45) is 4.79. The second-order valence-corrected chi connectivity index (χ2v) is 9.10. The third kappa shape index (κ3) is 6.07. The van der Waals surface area contributed by atoms with Gasteiger partial charge in [0.2, 0.25) is 11.6 Å². The van der Waals surface area contributed by atoms with Gasteiger partial charge in [0, 0.05) is 12.1 Å². The van der Waals surface area contributed by atoms with E-state index in [0.717, 1.165) is 25.9 Å². The molecule has 0 unspecified atom stereocenters. The number of benzene rings is 2. The van der Waals surface area contributed by atoms with Crippen LogP contribution in [0.15, 0.2) is 52.2 Å². The van der Waals surface area contributed by atoms with Crippen molar-refractivity contribution in [3.8, 4) is 17.3 Å². The van der Waals surface area contributed by atoms with Crippen molar-refractivity contribution in [2.24, 2.45) is 5.10 Å². The van der Waals surface area contributed by atoms with Crippen molar-refractivity contribution in [3.63, 3.8) is 0 Å². The number of carbonyl (C=O) groups is 1. The molecule has 2 aromatic heterocycles. The maximum Gasteiger partial charge on any atom is 0.292 e. The predicted octanol–water partition coefficient (Wildman–Crippen LogP) is 2.71. The van der Waals surface area contributed by atoms with Crippen molar-refractivity contribution in [2.75, 3.05) is 25.9 Å². The fourth-order valence-corrected chi connectivity index (χ4v) is 4.34. The molecule has 13 nitrogen and oxygen atoms in total. The number of ether oxygens (including phenoxy) is 2. The van der Waals surface area contributed by atoms with Crippen LogP contribution < -0.4 is 20.6 Å². The number of amides is 1. The molecule has 1 fully saturated rings. The highest BCUT2D eigenvalue weighted by atomic mass is 19.1. The Balaban J connectivity index is 1.30. The molecular formula is C26H28FN9O4. The monoisotopic (exact) mass is 549 g/mol. The molecule has 0 spiro atoms. The quantitative estimate of drug-likeness (QED) is 0.222. The number of carbonyl (C=O) groups excluding carboxylic acids is 1. The number of nitrogen functional groups attached to an aromatic ring is 1. The third-order valence-corrected chi connectivity index (χ3v) is 6.38. The van der Waals surface area contributed by atoms with Gasteiger partial charge in [-0.2, -0.15) is 9.78 Å². The van der Waals surface area contributed by atoms with Gasteiger partial charge in [-0.15, -0.1) is 5.10 Å². The fraction of sp³-hybridized carbons (Fsp3) is 0.308. The summed E-state index contributed by atoms with van der Waals surface area (Å²) in [7, 11) is 1.50. The summed E-state index contributed by atoms with van der Waals surface area (Å²) in [6.45, 7) is 2.28. The molecule has 1 aliphatic rings. The summed E-state index contributed by atoms with van der Waals surface area (Å²) in [5, 5.41) is 19.7. The molecule has 14 heteroatoms. The van der Waals surface area contributed by atoms with Crippen LogP contribution in [0.2, 0.25) is 0 Å². The van der Waals surface area contributed by atoms with Gasteiger partial charge in [-0.25, -0.2) is 14.4 Å². The number of hydrogen-bond donors (Lipinski definition) is 2. The fourth-order valence-electron chi connectivity index (χ4n) is 4.34. The zero-order valence-corrected chi connectivity index (χ0v) is 21.8. The van der Waals surface area contributed by atoms with E-state index < -0.39 is 5.91 Å². The first-order chi connectivity index (χ1) is 19.5. The van der Waals surface area contributed by atoms with E-state index in [1.54, 1.807) is 36.4 Å². The van der Waals surface area contributed by atoms with Gasteiger partial charge in [0.25, 0.3) is 5.91 Å². The van der Waals surface area contributed by atoms with Crippen LogP contribution in [-0.2, 0) is 13.2 Å². The summed E-state index contributed by atoms with van der Waals surface area (Å²) in [5.41, 5.74) is 9.99. The molecule has 0 aliphatic carbocycles. The topological polar surface area (TPSA) is 159 Å². The van der Waals surface area contributed by atoms with Crippen LogP contribution in [0.3, 0.4) is 0 Å². The number of halogens is 1. The molecule has 3 N–H and O–H groups in total. The van der Waals surface area contributed by atoms with E-state index in [-0.39, 0.29) is 29.8 Å². The smallest absolute Gasteiger partial charge is 0.292 e. The number of anilines is 1. The zero-order chi connectivity index (χ0) is 27.9. The normalized spacial score (nSPS) is 13.9. The molecule has 0 saturated carbocycles. The lowest BCUT2D eigenvalue weighted by atomic mass is 10.1. The average Bonchev–Trinajstić information content (AvgIpc) is 3.59. The first kappa shape index (κ1) is 26.7. The van der Waals surface area contributed by atoms with Crippen molar-refractivity contribution in [1.29, 1.82) is 0 Å². The Hall–Kier alpha value is -4.85. The number of nitrogens with zero attached hydrogens (tertiary/aromatic N) is 7. The Morgan fingerprint density at radius 3 is 2.75 bits per heavy atom. The third-order valence-electron chi connectivity index (χ3n) is 6.38. The number of rotatable bonds is 10. The number of aromatic nitrogens is 5. The van der Waals surface area contributed by atoms with Gasteiger partial charge in [-0.3, -0.25) is 9.69 Å². The minimum atomic E-state index is -0.563. The van der Waals surface area contributed by atoms with E-state index in [0.29, 0.717) is 34.9 Å². The predicted molar refractivity (Wildman–Crippen MR) is 142 cm³/mol. The summed E-state index contributed by atoms with van der Waals surface area (Å²) in [6, 6.07) is 11.5. The van der Waals surface area contributed by atoms with Crippen molar-refractivity contribution < 1.29 is 23.3 Å². The van der Waals surface area contributed by atoms with Crippen LogP contribution in [0.1, 0.15) is 46.6 Å². The van der Waals surface area contributed by atoms with Gasteiger partial charge < -0.3 is 15.2 Å². The van der Waals surface area contributed by atoms with Crippen molar-refractivity contribution >= 4 is 17.9 Å². The van der Waals surface area contributed by atoms with Crippen LogP contribution in [0.5, 0.6) is 11.5 Å². The number of likely N-dealkylation sites (tertiary alicyclic amines) is 1. The number of methoxy groups -OCH3 is 1. The number of nitrogens with two attached hydrogens (primary N) is 1. The summed E-state index contributed by atoms with van der Waals surface area (Å²) < 4.78 is 31.0. The minimum absolute atomic E-state index is 0.0311. The lowest BCUT2D eigenvalue weighted by Crippen LogP contribution is -2.31. The molecule has 5 rings (SSSR count). The summed E-state index contributed by atoms with van der Waals surface area (Å²) >= 11 is 0. The molecule has 0 bridgehead atoms. The maximum absolute atomic E-state index is 13.9. The lowest BCUT2D eigenvalue weighted by molar-refractivity contribution is 0.0944. The van der Waals surface area contributed by atoms with Gasteiger partial charge in [-0.05, 0) is 66.1 Å². The summed E-state index contributed by atoms with van der Waals surface area (Å²) in [5.74, 6) is -0.0278. The van der Waals surface area contributed by atoms with Crippen molar-refractivity contribution in [1.82, 2.24) is 35.6 Å². The molecule has 1 amide bonds. The molecule has 4 aromatic rings. The van der Waals surface area contributed by atoms with E-state index in [2.05, 4.69) is 40.7 Å². The molecule has 1 aliphatic heterocycles. The van der Waals surface area contributed by atoms with Crippen LogP contribution in [0.4, 0.5) is 10.2 Å². The first-order valence-electron chi connectivity index (χ1n) is 12.7. The van der Waals surface area contributed by atoms with Gasteiger partial charge in [-0.1, -0.05) is 29.8 Å². The van der Waals surface area contributed by atoms with Gasteiger partial charge in [0.1, 0.15) is 18.1 Å². The highest BCUT2D eigenvalue weighted by Crippen LogP contribution is 2.28. The Bertz CT molecular complexity index is 1500. The number of hydrogen-bond acceptors (Lipinski definition) is 11. The lowest BCUT2D eigenvalue weighted by Gasteiger charge is -2.25. The van der Waals surface area contributed by atoms with E-state index in [9.17, 15) is 9.18 Å². The largest absolute Gasteiger partial charge is 0.493 e. The summed E-state index contributed by atoms with van der Waals surface area (Å²) in [4.78, 5) is 15.5. The van der Waals surface area contributed by atoms with Crippen molar-refractivity contribution in [3.05, 3.63) is 70.8 Å². The van der Waals surface area contributed by atoms with Crippen molar-refractivity contribution in [2.45, 2.75) is 32.4 Å². The maximum atomic E-state index is 13.9.